The highest BCUT2D eigenvalue weighted by atomic mass is 16.5. The highest BCUT2D eigenvalue weighted by molar-refractivity contribution is 6.24. The van der Waals surface area contributed by atoms with Crippen molar-refractivity contribution in [1.82, 2.24) is 4.90 Å². The molecule has 3 aliphatic heterocycles. The molecule has 4 atom stereocenters. The molecule has 0 N–H and O–H groups in total. The fraction of sp³-hybridized carbons (Fsp3) is 0.314. The van der Waals surface area contributed by atoms with Crippen molar-refractivity contribution in [2.45, 2.75) is 37.3 Å². The highest BCUT2D eigenvalue weighted by Crippen LogP contribution is 2.70. The summed E-state index contributed by atoms with van der Waals surface area (Å²) >= 11 is 0. The molecule has 4 aromatic carbocycles. The number of aryl methyl sites for hydroxylation is 1. The van der Waals surface area contributed by atoms with E-state index in [4.69, 9.17) is 14.2 Å². The van der Waals surface area contributed by atoms with Gasteiger partial charge in [0.05, 0.1) is 19.8 Å². The zero-order chi connectivity index (χ0) is 28.1. The molecule has 0 aromatic heterocycles. The van der Waals surface area contributed by atoms with E-state index < -0.39 is 11.0 Å². The van der Waals surface area contributed by atoms with Crippen LogP contribution in [0.15, 0.2) is 72.8 Å². The van der Waals surface area contributed by atoms with Crippen LogP contribution in [0, 0.1) is 12.3 Å². The van der Waals surface area contributed by atoms with Crippen LogP contribution < -0.4 is 14.2 Å². The van der Waals surface area contributed by atoms with Gasteiger partial charge in [-0.2, -0.15) is 0 Å². The minimum Gasteiger partial charge on any atom is -0.497 e. The first-order chi connectivity index (χ1) is 20.0. The number of fused-ring (bicyclic) bond motifs is 5. The van der Waals surface area contributed by atoms with Crippen LogP contribution in [0.4, 0.5) is 0 Å². The van der Waals surface area contributed by atoms with Crippen LogP contribution in [-0.4, -0.2) is 49.9 Å². The van der Waals surface area contributed by atoms with Crippen molar-refractivity contribution in [2.75, 3.05) is 27.4 Å². The van der Waals surface area contributed by atoms with Crippen molar-refractivity contribution < 1.29 is 23.8 Å². The van der Waals surface area contributed by atoms with Gasteiger partial charge in [-0.15, -0.1) is 0 Å². The summed E-state index contributed by atoms with van der Waals surface area (Å²) in [5, 5.41) is 1.98. The summed E-state index contributed by atoms with van der Waals surface area (Å²) in [6, 6.07) is 23.9. The molecule has 3 heterocycles. The predicted octanol–water partition coefficient (Wildman–Crippen LogP) is 6.08. The van der Waals surface area contributed by atoms with E-state index in [-0.39, 0.29) is 30.1 Å². The minimum atomic E-state index is -1.19. The number of ether oxygens (including phenoxy) is 3. The Morgan fingerprint density at radius 2 is 1.68 bits per heavy atom. The first-order valence-electron chi connectivity index (χ1n) is 14.3. The van der Waals surface area contributed by atoms with Gasteiger partial charge < -0.3 is 14.2 Å². The number of carbonyl (C=O) groups is 2. The van der Waals surface area contributed by atoms with E-state index in [1.165, 1.54) is 0 Å². The summed E-state index contributed by atoms with van der Waals surface area (Å²) < 4.78 is 17.8. The third kappa shape index (κ3) is 2.81. The van der Waals surface area contributed by atoms with Gasteiger partial charge in [-0.25, -0.2) is 0 Å². The lowest BCUT2D eigenvalue weighted by atomic mass is 9.55. The van der Waals surface area contributed by atoms with Crippen LogP contribution in [0.25, 0.3) is 10.8 Å². The number of ketones is 2. The van der Waals surface area contributed by atoms with Gasteiger partial charge in [-0.05, 0) is 78.0 Å². The van der Waals surface area contributed by atoms with Gasteiger partial charge in [-0.3, -0.25) is 14.5 Å². The van der Waals surface area contributed by atoms with Crippen LogP contribution in [0.5, 0.6) is 17.2 Å². The Kier molecular flexibility index (Phi) is 5.06. The molecule has 2 saturated heterocycles. The van der Waals surface area contributed by atoms with Crippen molar-refractivity contribution in [3.8, 4) is 17.2 Å². The van der Waals surface area contributed by atoms with Gasteiger partial charge in [0.2, 0.25) is 0 Å². The third-order valence-electron chi connectivity index (χ3n) is 10.1. The molecule has 2 spiro atoms. The van der Waals surface area contributed by atoms with E-state index in [0.29, 0.717) is 22.6 Å². The monoisotopic (exact) mass is 545 g/mol. The summed E-state index contributed by atoms with van der Waals surface area (Å²) in [6.07, 6.45) is 1.87. The lowest BCUT2D eigenvalue weighted by Gasteiger charge is -2.49. The smallest absolute Gasteiger partial charge is 0.189 e. The van der Waals surface area contributed by atoms with Crippen LogP contribution in [0.2, 0.25) is 0 Å². The summed E-state index contributed by atoms with van der Waals surface area (Å²) in [6.45, 7) is 2.78. The fourth-order valence-electron chi connectivity index (χ4n) is 8.76. The summed E-state index contributed by atoms with van der Waals surface area (Å²) in [4.78, 5) is 33.0. The molecule has 0 radical (unpaired) electrons. The molecule has 6 nitrogen and oxygen atoms in total. The van der Waals surface area contributed by atoms with Crippen molar-refractivity contribution in [3.63, 3.8) is 0 Å². The quantitative estimate of drug-likeness (QED) is 0.311. The molecule has 4 aliphatic rings. The topological polar surface area (TPSA) is 65.1 Å². The van der Waals surface area contributed by atoms with Gasteiger partial charge >= 0.3 is 0 Å². The van der Waals surface area contributed by atoms with E-state index in [0.717, 1.165) is 52.6 Å². The Bertz CT molecular complexity index is 1770. The predicted molar refractivity (Wildman–Crippen MR) is 155 cm³/mol. The summed E-state index contributed by atoms with van der Waals surface area (Å²) in [7, 11) is 3.25. The summed E-state index contributed by atoms with van der Waals surface area (Å²) in [5.41, 5.74) is 1.67. The number of benzene rings is 4. The molecule has 4 aromatic rings. The number of carbonyl (C=O) groups excluding carboxylic acids is 2. The second-order valence-electron chi connectivity index (χ2n) is 11.8. The zero-order valence-electron chi connectivity index (χ0n) is 23.4. The van der Waals surface area contributed by atoms with E-state index >= 15 is 9.59 Å². The second-order valence-corrected chi connectivity index (χ2v) is 11.8. The first kappa shape index (κ1) is 24.6. The highest BCUT2D eigenvalue weighted by Gasteiger charge is 2.78. The Balaban J connectivity index is 1.48. The van der Waals surface area contributed by atoms with Gasteiger partial charge in [0, 0.05) is 17.5 Å². The average molecular weight is 546 g/mol. The van der Waals surface area contributed by atoms with Gasteiger partial charge in [-0.1, -0.05) is 48.5 Å². The molecule has 41 heavy (non-hydrogen) atoms. The molecule has 0 bridgehead atoms. The standard InChI is InChI=1S/C35H31NO5/c1-20-17-25-31(28(18-20)40-3)41-19-34(32(25)37)30(22-12-14-23(39-2)15-13-22)27-11-6-16-36(27)35(34)26-10-5-8-21-7-4-9-24(29(21)26)33(35)38/h4-5,7-10,12-15,17-18,27,30H,6,11,16,19H2,1-3H3/t27?,30-,34-,35+/m1/s1. The Labute approximate surface area is 238 Å². The normalized spacial score (nSPS) is 27.9. The van der Waals surface area contributed by atoms with Gasteiger partial charge in [0.25, 0.3) is 0 Å². The zero-order valence-corrected chi connectivity index (χ0v) is 23.4. The first-order valence-corrected chi connectivity index (χ1v) is 14.3. The van der Waals surface area contributed by atoms with Crippen LogP contribution in [0.3, 0.4) is 0 Å². The Morgan fingerprint density at radius 3 is 2.44 bits per heavy atom. The van der Waals surface area contributed by atoms with Crippen LogP contribution >= 0.6 is 0 Å². The summed E-state index contributed by atoms with van der Waals surface area (Å²) in [5.74, 6) is 1.45. The molecule has 0 saturated carbocycles. The third-order valence-corrected chi connectivity index (χ3v) is 10.1. The van der Waals surface area contributed by atoms with E-state index in [2.05, 4.69) is 35.2 Å². The maximum absolute atomic E-state index is 15.4. The lowest BCUT2D eigenvalue weighted by Crippen LogP contribution is -2.62. The molecular weight excluding hydrogens is 514 g/mol. The van der Waals surface area contributed by atoms with Crippen molar-refractivity contribution >= 4 is 22.3 Å². The van der Waals surface area contributed by atoms with E-state index in [1.807, 2.05) is 49.4 Å². The molecule has 1 unspecified atom stereocenters. The number of rotatable bonds is 3. The number of hydrogen-bond acceptors (Lipinski definition) is 6. The largest absolute Gasteiger partial charge is 0.497 e. The molecule has 2 fully saturated rings. The van der Waals surface area contributed by atoms with Gasteiger partial charge in [0.1, 0.15) is 23.3 Å². The molecule has 6 heteroatoms. The van der Waals surface area contributed by atoms with Crippen molar-refractivity contribution in [2.24, 2.45) is 5.41 Å². The lowest BCUT2D eigenvalue weighted by molar-refractivity contribution is 0.00333. The number of hydrogen-bond donors (Lipinski definition) is 0. The van der Waals surface area contributed by atoms with Crippen molar-refractivity contribution in [3.05, 3.63) is 101 Å². The molecule has 1 aliphatic carbocycles. The molecule has 206 valence electrons. The van der Waals surface area contributed by atoms with Gasteiger partial charge in [0.15, 0.2) is 23.1 Å². The maximum atomic E-state index is 15.4. The van der Waals surface area contributed by atoms with Crippen LogP contribution in [0.1, 0.15) is 56.2 Å². The second kappa shape index (κ2) is 8.43. The Hall–Kier alpha value is -4.16. The minimum absolute atomic E-state index is 0.00211. The molecule has 0 amide bonds. The van der Waals surface area contributed by atoms with E-state index in [9.17, 15) is 0 Å². The number of nitrogens with zero attached hydrogens (tertiary/aromatic N) is 1. The number of methoxy groups -OCH3 is 2. The van der Waals surface area contributed by atoms with E-state index in [1.54, 1.807) is 14.2 Å². The molecular formula is C35H31NO5. The SMILES string of the molecule is COc1ccc([C@@H]2C3CCCN3[C@@]3(C(=O)c4cccc5cccc3c45)[C@]23COc2c(OC)cc(C)cc2C3=O)cc1. The maximum Gasteiger partial charge on any atom is 0.189 e. The van der Waals surface area contributed by atoms with Crippen molar-refractivity contribution in [1.29, 1.82) is 0 Å². The fourth-order valence-corrected chi connectivity index (χ4v) is 8.76. The molecule has 8 rings (SSSR count). The van der Waals surface area contributed by atoms with Crippen LogP contribution in [-0.2, 0) is 5.54 Å². The average Bonchev–Trinajstić information content (AvgIpc) is 3.64. The Morgan fingerprint density at radius 1 is 0.902 bits per heavy atom. The number of Topliss-reactive ketones (excluding diaryl/α,β-unsaturated/α-hetero) is 2.